The van der Waals surface area contributed by atoms with Crippen LogP contribution in [0.3, 0.4) is 0 Å². The van der Waals surface area contributed by atoms with Crippen LogP contribution in [-0.4, -0.2) is 70.8 Å². The topological polar surface area (TPSA) is 98.7 Å². The Balaban J connectivity index is 0.00000304. The average molecular weight is 521 g/mol. The monoisotopic (exact) mass is 520 g/mol. The van der Waals surface area contributed by atoms with Gasteiger partial charge in [0.2, 0.25) is 12.5 Å². The number of carbonyl (C=O) groups excluding carboxylic acids is 1. The van der Waals surface area contributed by atoms with E-state index in [9.17, 15) is 9.90 Å². The maximum Gasteiger partial charge on any atom is 0.310 e. The van der Waals surface area contributed by atoms with Crippen molar-refractivity contribution in [2.24, 2.45) is 11.8 Å². The third-order valence-electron chi connectivity index (χ3n) is 7.19. The van der Waals surface area contributed by atoms with E-state index in [1.54, 1.807) is 12.1 Å². The number of benzene rings is 2. The predicted octanol–water partition coefficient (Wildman–Crippen LogP) is 3.08. The lowest BCUT2D eigenvalue weighted by Crippen LogP contribution is -2.41. The highest BCUT2D eigenvalue weighted by Gasteiger charge is 2.52. The number of carbonyl (C=O) groups is 1. The molecule has 5 rings (SSSR count). The first-order valence-corrected chi connectivity index (χ1v) is 11.9. The average Bonchev–Trinajstić information content (AvgIpc) is 3.46. The molecule has 0 radical (unpaired) electrons. The fourth-order valence-electron chi connectivity index (χ4n) is 5.57. The number of rotatable bonds is 8. The zero-order chi connectivity index (χ0) is 24.7. The molecule has 0 aromatic heterocycles. The number of halogens is 1. The molecule has 4 atom stereocenters. The molecule has 9 nitrogen and oxygen atoms in total. The van der Waals surface area contributed by atoms with Crippen LogP contribution in [0.1, 0.15) is 35.1 Å². The van der Waals surface area contributed by atoms with Gasteiger partial charge in [-0.05, 0) is 74.6 Å². The van der Waals surface area contributed by atoms with Crippen LogP contribution in [0.15, 0.2) is 24.3 Å². The number of hydrogen-bond donors (Lipinski definition) is 2. The molecule has 10 heteroatoms. The normalized spacial score (nSPS) is 23.5. The number of nitrogens with zero attached hydrogens (tertiary/aromatic N) is 1. The second-order valence-electron chi connectivity index (χ2n) is 9.49. The lowest BCUT2D eigenvalue weighted by molar-refractivity contribution is -0.141. The summed E-state index contributed by atoms with van der Waals surface area (Å²) in [5.74, 6) is 0.819. The Morgan fingerprint density at radius 1 is 1.03 bits per heavy atom. The van der Waals surface area contributed by atoms with Crippen LogP contribution in [0.25, 0.3) is 0 Å². The minimum Gasteiger partial charge on any atom is -0.502 e. The van der Waals surface area contributed by atoms with E-state index in [1.165, 1.54) is 14.2 Å². The Labute approximate surface area is 217 Å². The van der Waals surface area contributed by atoms with Crippen LogP contribution < -0.4 is 24.3 Å². The van der Waals surface area contributed by atoms with Crippen molar-refractivity contribution < 1.29 is 33.6 Å². The van der Waals surface area contributed by atoms with Gasteiger partial charge in [-0.15, -0.1) is 12.4 Å². The molecule has 196 valence electrons. The first-order chi connectivity index (χ1) is 16.9. The minimum absolute atomic E-state index is 0. The number of ether oxygens (including phenoxy) is 5. The van der Waals surface area contributed by atoms with Crippen molar-refractivity contribution in [3.05, 3.63) is 41.0 Å². The van der Waals surface area contributed by atoms with Gasteiger partial charge in [-0.3, -0.25) is 4.79 Å². The van der Waals surface area contributed by atoms with Gasteiger partial charge in [-0.1, -0.05) is 0 Å². The van der Waals surface area contributed by atoms with Gasteiger partial charge in [-0.25, -0.2) is 0 Å². The Morgan fingerprint density at radius 3 is 2.28 bits per heavy atom. The molecule has 0 spiro atoms. The van der Waals surface area contributed by atoms with Crippen molar-refractivity contribution in [2.45, 2.75) is 18.4 Å². The maximum absolute atomic E-state index is 13.2. The number of aromatic hydroxyl groups is 1. The summed E-state index contributed by atoms with van der Waals surface area (Å²) in [5, 5.41) is 14.2. The van der Waals surface area contributed by atoms with Gasteiger partial charge >= 0.3 is 5.97 Å². The van der Waals surface area contributed by atoms with Gasteiger partial charge in [0.1, 0.15) is 0 Å². The van der Waals surface area contributed by atoms with E-state index in [2.05, 4.69) is 24.3 Å². The van der Waals surface area contributed by atoms with E-state index in [1.807, 2.05) is 12.1 Å². The fraction of sp³-hybridized carbons (Fsp3) is 0.500. The highest BCUT2D eigenvalue weighted by atomic mass is 35.5. The Bertz CT molecular complexity index is 1100. The standard InChI is InChI=1S/C26H32N2O7.ClH/c1-28(2)7-5-6-27-24-16-11-19-18(34-13-35-19)10-15(16)22(23-17(24)12-33-26(23)30)14-8-20(31-3)25(29)21(9-14)32-4;/h8-11,17,22-24,27,29H,5-7,12-13H2,1-4H3;1H/t17-,22?,23?,24+;/m0./s1. The molecule has 2 unspecified atom stereocenters. The second kappa shape index (κ2) is 10.6. The van der Waals surface area contributed by atoms with Gasteiger partial charge in [0.15, 0.2) is 23.0 Å². The number of fused-ring (bicyclic) bond motifs is 3. The number of phenolic OH excluding ortho intramolecular Hbond substituents is 1. The van der Waals surface area contributed by atoms with Crippen LogP contribution in [0.5, 0.6) is 28.7 Å². The second-order valence-corrected chi connectivity index (χ2v) is 9.49. The zero-order valence-corrected chi connectivity index (χ0v) is 21.7. The Hall–Kier alpha value is -2.88. The Morgan fingerprint density at radius 2 is 1.67 bits per heavy atom. The summed E-state index contributed by atoms with van der Waals surface area (Å²) in [6, 6.07) is 7.47. The molecule has 0 saturated carbocycles. The molecule has 1 fully saturated rings. The van der Waals surface area contributed by atoms with E-state index < -0.39 is 5.92 Å². The summed E-state index contributed by atoms with van der Waals surface area (Å²) in [5.41, 5.74) is 2.83. The molecular formula is C26H33ClN2O7. The van der Waals surface area contributed by atoms with E-state index in [0.29, 0.717) is 18.1 Å². The summed E-state index contributed by atoms with van der Waals surface area (Å²) in [7, 11) is 7.10. The quantitative estimate of drug-likeness (QED) is 0.402. The van der Waals surface area contributed by atoms with Gasteiger partial charge in [-0.2, -0.15) is 0 Å². The van der Waals surface area contributed by atoms with Gasteiger partial charge in [0.25, 0.3) is 0 Å². The van der Waals surface area contributed by atoms with Gasteiger partial charge in [0, 0.05) is 17.9 Å². The molecule has 3 aliphatic rings. The third-order valence-corrected chi connectivity index (χ3v) is 7.19. The lowest BCUT2D eigenvalue weighted by Gasteiger charge is -2.39. The van der Waals surface area contributed by atoms with Crippen molar-refractivity contribution in [3.63, 3.8) is 0 Å². The summed E-state index contributed by atoms with van der Waals surface area (Å²) >= 11 is 0. The molecule has 2 aromatic rings. The lowest BCUT2D eigenvalue weighted by atomic mass is 9.65. The van der Waals surface area contributed by atoms with Crippen LogP contribution in [0.4, 0.5) is 0 Å². The van der Waals surface area contributed by atoms with Crippen molar-refractivity contribution in [1.29, 1.82) is 0 Å². The summed E-state index contributed by atoms with van der Waals surface area (Å²) in [4.78, 5) is 15.3. The van der Waals surface area contributed by atoms with Crippen molar-refractivity contribution >= 4 is 18.4 Å². The molecule has 0 bridgehead atoms. The summed E-state index contributed by atoms with van der Waals surface area (Å²) < 4.78 is 27.9. The highest BCUT2D eigenvalue weighted by Crippen LogP contribution is 2.55. The van der Waals surface area contributed by atoms with Crippen LogP contribution in [0.2, 0.25) is 0 Å². The summed E-state index contributed by atoms with van der Waals surface area (Å²) in [6.45, 7) is 2.28. The molecule has 2 aromatic carbocycles. The van der Waals surface area contributed by atoms with Gasteiger partial charge in [0.05, 0.1) is 26.7 Å². The predicted molar refractivity (Wildman–Crippen MR) is 135 cm³/mol. The number of cyclic esters (lactones) is 1. The highest BCUT2D eigenvalue weighted by molar-refractivity contribution is 5.85. The molecule has 1 saturated heterocycles. The first-order valence-electron chi connectivity index (χ1n) is 11.9. The SMILES string of the molecule is COc1cc(C2c3cc4c(cc3[C@@H](NCCCN(C)C)[C@H]3COC(=O)C23)OCO4)cc(OC)c1O.Cl. The van der Waals surface area contributed by atoms with Crippen molar-refractivity contribution in [1.82, 2.24) is 10.2 Å². The van der Waals surface area contributed by atoms with Crippen molar-refractivity contribution in [2.75, 3.05) is 54.8 Å². The molecule has 0 amide bonds. The van der Waals surface area contributed by atoms with Gasteiger partial charge < -0.3 is 39.0 Å². The molecule has 2 aliphatic heterocycles. The number of hydrogen-bond acceptors (Lipinski definition) is 9. The fourth-order valence-corrected chi connectivity index (χ4v) is 5.57. The molecule has 36 heavy (non-hydrogen) atoms. The van der Waals surface area contributed by atoms with Crippen LogP contribution >= 0.6 is 12.4 Å². The molecular weight excluding hydrogens is 488 g/mol. The number of methoxy groups -OCH3 is 2. The smallest absolute Gasteiger partial charge is 0.310 e. The van der Waals surface area contributed by atoms with E-state index in [-0.39, 0.29) is 60.3 Å². The number of nitrogens with one attached hydrogen (secondary N) is 1. The maximum atomic E-state index is 13.2. The Kier molecular flexibility index (Phi) is 7.73. The van der Waals surface area contributed by atoms with E-state index >= 15 is 0 Å². The molecule has 2 heterocycles. The minimum atomic E-state index is -0.409. The largest absolute Gasteiger partial charge is 0.502 e. The van der Waals surface area contributed by atoms with Crippen molar-refractivity contribution in [3.8, 4) is 28.7 Å². The van der Waals surface area contributed by atoms with E-state index in [4.69, 9.17) is 23.7 Å². The molecule has 1 aliphatic carbocycles. The van der Waals surface area contributed by atoms with E-state index in [0.717, 1.165) is 36.2 Å². The third kappa shape index (κ3) is 4.51. The van der Waals surface area contributed by atoms with Crippen LogP contribution in [-0.2, 0) is 9.53 Å². The molecule has 2 N–H and O–H groups in total. The first kappa shape index (κ1) is 26.2. The van der Waals surface area contributed by atoms with Crippen LogP contribution in [0, 0.1) is 11.8 Å². The zero-order valence-electron chi connectivity index (χ0n) is 20.9. The summed E-state index contributed by atoms with van der Waals surface area (Å²) in [6.07, 6.45) is 0.978. The number of phenols is 1. The number of esters is 1.